The summed E-state index contributed by atoms with van der Waals surface area (Å²) in [5.74, 6) is -0.760. The minimum Gasteiger partial charge on any atom is -0.370 e. The maximum Gasteiger partial charge on any atom is 0.417 e. The smallest absolute Gasteiger partial charge is 0.370 e. The van der Waals surface area contributed by atoms with Gasteiger partial charge in [0.15, 0.2) is 0 Å². The average molecular weight is 310 g/mol. The van der Waals surface area contributed by atoms with E-state index in [-0.39, 0.29) is 6.42 Å². The number of hydrogen-bond donors (Lipinski definition) is 2. The van der Waals surface area contributed by atoms with Crippen LogP contribution in [0.15, 0.2) is 29.2 Å². The molecular weight excluding hydrogens is 297 g/mol. The van der Waals surface area contributed by atoms with Crippen molar-refractivity contribution in [2.75, 3.05) is 0 Å². The summed E-state index contributed by atoms with van der Waals surface area (Å²) >= 11 is 0. The zero-order valence-corrected chi connectivity index (χ0v) is 11.3. The Bertz CT molecular complexity index is 599. The fourth-order valence-electron chi connectivity index (χ4n) is 1.61. The number of halogens is 3. The number of rotatable bonds is 5. The number of benzene rings is 1. The van der Waals surface area contributed by atoms with E-state index in [0.717, 1.165) is 12.1 Å². The van der Waals surface area contributed by atoms with Gasteiger partial charge in [-0.05, 0) is 19.1 Å². The summed E-state index contributed by atoms with van der Waals surface area (Å²) in [5.41, 5.74) is 3.63. The summed E-state index contributed by atoms with van der Waals surface area (Å²) in [4.78, 5) is 9.78. The number of amides is 1. The lowest BCUT2D eigenvalue weighted by Crippen LogP contribution is -2.36. The van der Waals surface area contributed by atoms with Gasteiger partial charge in [-0.1, -0.05) is 12.1 Å². The van der Waals surface area contributed by atoms with Gasteiger partial charge in [-0.3, -0.25) is 4.79 Å². The molecule has 0 heterocycles. The van der Waals surface area contributed by atoms with Gasteiger partial charge in [0.05, 0.1) is 10.5 Å². The number of nitrogens with one attached hydrogen (secondary N) is 1. The predicted octanol–water partition coefficient (Wildman–Crippen LogP) is 1.25. The molecule has 1 aromatic carbocycles. The highest BCUT2D eigenvalue weighted by atomic mass is 32.2. The molecule has 3 N–H and O–H groups in total. The SMILES string of the molecule is CC(CC(N)=O)NS(=O)(=O)c1ccccc1C(F)(F)F. The highest BCUT2D eigenvalue weighted by Gasteiger charge is 2.37. The van der Waals surface area contributed by atoms with E-state index in [0.29, 0.717) is 6.07 Å². The molecule has 0 spiro atoms. The molecule has 1 aromatic rings. The Labute approximate surface area is 114 Å². The Kier molecular flexibility index (Phi) is 4.77. The van der Waals surface area contributed by atoms with Gasteiger partial charge in [-0.15, -0.1) is 0 Å². The molecular formula is C11H13F3N2O3S. The molecule has 9 heteroatoms. The third-order valence-electron chi connectivity index (χ3n) is 2.35. The zero-order valence-electron chi connectivity index (χ0n) is 10.4. The van der Waals surface area contributed by atoms with Crippen molar-refractivity contribution < 1.29 is 26.4 Å². The molecule has 0 aliphatic rings. The van der Waals surface area contributed by atoms with Crippen LogP contribution in [0.4, 0.5) is 13.2 Å². The minimum absolute atomic E-state index is 0.312. The Hall–Kier alpha value is -1.61. The van der Waals surface area contributed by atoms with Crippen LogP contribution in [0.3, 0.4) is 0 Å². The molecule has 1 atom stereocenters. The molecule has 1 rings (SSSR count). The number of sulfonamides is 1. The molecule has 0 bridgehead atoms. The molecule has 0 aromatic heterocycles. The van der Waals surface area contributed by atoms with E-state index in [9.17, 15) is 26.4 Å². The lowest BCUT2D eigenvalue weighted by molar-refractivity contribution is -0.139. The number of hydrogen-bond acceptors (Lipinski definition) is 3. The van der Waals surface area contributed by atoms with Crippen LogP contribution in [0.2, 0.25) is 0 Å². The Morgan fingerprint density at radius 2 is 1.90 bits per heavy atom. The van der Waals surface area contributed by atoms with Crippen LogP contribution in [0, 0.1) is 0 Å². The summed E-state index contributed by atoms with van der Waals surface area (Å²) in [7, 11) is -4.40. The quantitative estimate of drug-likeness (QED) is 0.857. The second kappa shape index (κ2) is 5.80. The van der Waals surface area contributed by atoms with Gasteiger partial charge in [-0.2, -0.15) is 13.2 Å². The van der Waals surface area contributed by atoms with E-state index in [4.69, 9.17) is 5.73 Å². The molecule has 1 unspecified atom stereocenters. The Morgan fingerprint density at radius 3 is 2.40 bits per heavy atom. The number of alkyl halides is 3. The van der Waals surface area contributed by atoms with E-state index in [2.05, 4.69) is 0 Å². The van der Waals surface area contributed by atoms with E-state index in [1.807, 2.05) is 4.72 Å². The number of carbonyl (C=O) groups excluding carboxylic acids is 1. The lowest BCUT2D eigenvalue weighted by Gasteiger charge is -2.16. The van der Waals surface area contributed by atoms with Gasteiger partial charge in [0.25, 0.3) is 0 Å². The monoisotopic (exact) mass is 310 g/mol. The van der Waals surface area contributed by atoms with E-state index in [1.165, 1.54) is 13.0 Å². The molecule has 0 saturated heterocycles. The topological polar surface area (TPSA) is 89.3 Å². The third-order valence-corrected chi connectivity index (χ3v) is 3.99. The fourth-order valence-corrected chi connectivity index (χ4v) is 3.08. The molecule has 0 radical (unpaired) electrons. The number of carbonyl (C=O) groups is 1. The summed E-state index contributed by atoms with van der Waals surface area (Å²) in [6.45, 7) is 1.33. The highest BCUT2D eigenvalue weighted by molar-refractivity contribution is 7.89. The van der Waals surface area contributed by atoms with Gasteiger partial charge < -0.3 is 5.73 Å². The van der Waals surface area contributed by atoms with Crippen molar-refractivity contribution >= 4 is 15.9 Å². The average Bonchev–Trinajstić information content (AvgIpc) is 2.25. The maximum absolute atomic E-state index is 12.8. The Morgan fingerprint density at radius 1 is 1.35 bits per heavy atom. The van der Waals surface area contributed by atoms with Crippen molar-refractivity contribution in [3.8, 4) is 0 Å². The van der Waals surface area contributed by atoms with Crippen molar-refractivity contribution in [3.63, 3.8) is 0 Å². The van der Waals surface area contributed by atoms with Gasteiger partial charge in [0, 0.05) is 12.5 Å². The van der Waals surface area contributed by atoms with Crippen molar-refractivity contribution in [2.24, 2.45) is 5.73 Å². The van der Waals surface area contributed by atoms with Crippen LogP contribution in [0.5, 0.6) is 0 Å². The number of nitrogens with two attached hydrogens (primary N) is 1. The first-order valence-corrected chi connectivity index (χ1v) is 6.99. The minimum atomic E-state index is -4.79. The van der Waals surface area contributed by atoms with Gasteiger partial charge in [0.1, 0.15) is 0 Å². The lowest BCUT2D eigenvalue weighted by atomic mass is 10.2. The van der Waals surface area contributed by atoms with Crippen molar-refractivity contribution in [3.05, 3.63) is 29.8 Å². The van der Waals surface area contributed by atoms with Crippen molar-refractivity contribution in [1.82, 2.24) is 4.72 Å². The van der Waals surface area contributed by atoms with Crippen LogP contribution < -0.4 is 10.5 Å². The van der Waals surface area contributed by atoms with Crippen LogP contribution in [-0.4, -0.2) is 20.4 Å². The second-order valence-electron chi connectivity index (χ2n) is 4.19. The van der Waals surface area contributed by atoms with Crippen molar-refractivity contribution in [2.45, 2.75) is 30.5 Å². The zero-order chi connectivity index (χ0) is 15.6. The Balaban J connectivity index is 3.14. The van der Waals surface area contributed by atoms with E-state index >= 15 is 0 Å². The molecule has 112 valence electrons. The third kappa shape index (κ3) is 4.20. The van der Waals surface area contributed by atoms with Gasteiger partial charge in [0.2, 0.25) is 15.9 Å². The predicted molar refractivity (Wildman–Crippen MR) is 65.0 cm³/mol. The first-order valence-electron chi connectivity index (χ1n) is 5.51. The molecule has 0 aliphatic heterocycles. The number of primary amides is 1. The van der Waals surface area contributed by atoms with Crippen LogP contribution in [0.1, 0.15) is 18.9 Å². The highest BCUT2D eigenvalue weighted by Crippen LogP contribution is 2.33. The summed E-state index contributed by atoms with van der Waals surface area (Å²) < 4.78 is 64.1. The van der Waals surface area contributed by atoms with Crippen molar-refractivity contribution in [1.29, 1.82) is 0 Å². The van der Waals surface area contributed by atoms with E-state index < -0.39 is 38.6 Å². The van der Waals surface area contributed by atoms with Crippen LogP contribution >= 0.6 is 0 Å². The second-order valence-corrected chi connectivity index (χ2v) is 5.87. The molecule has 0 aliphatic carbocycles. The first kappa shape index (κ1) is 16.4. The molecule has 0 fully saturated rings. The molecule has 1 amide bonds. The van der Waals surface area contributed by atoms with E-state index in [1.54, 1.807) is 0 Å². The molecule has 5 nitrogen and oxygen atoms in total. The fraction of sp³-hybridized carbons (Fsp3) is 0.364. The standard InChI is InChI=1S/C11H13F3N2O3S/c1-7(6-10(15)17)16-20(18,19)9-5-3-2-4-8(9)11(12,13)14/h2-5,7,16H,6H2,1H3,(H2,15,17). The summed E-state index contributed by atoms with van der Waals surface area (Å²) in [6.07, 6.45) is -5.11. The maximum atomic E-state index is 12.8. The van der Waals surface area contributed by atoms with Crippen LogP contribution in [-0.2, 0) is 21.0 Å². The molecule has 0 saturated carbocycles. The van der Waals surface area contributed by atoms with Crippen LogP contribution in [0.25, 0.3) is 0 Å². The summed E-state index contributed by atoms with van der Waals surface area (Å²) in [6, 6.07) is 2.89. The van der Waals surface area contributed by atoms with Gasteiger partial charge in [-0.25, -0.2) is 13.1 Å². The normalized spacial score (nSPS) is 14.0. The first-order chi connectivity index (χ1) is 9.04. The van der Waals surface area contributed by atoms with Gasteiger partial charge >= 0.3 is 6.18 Å². The molecule has 20 heavy (non-hydrogen) atoms. The summed E-state index contributed by atoms with van der Waals surface area (Å²) in [5, 5.41) is 0. The largest absolute Gasteiger partial charge is 0.417 e.